The zero-order chi connectivity index (χ0) is 28.2. The van der Waals surface area contributed by atoms with Crippen molar-refractivity contribution in [1.29, 1.82) is 5.26 Å². The van der Waals surface area contributed by atoms with Crippen molar-refractivity contribution in [2.75, 3.05) is 22.9 Å². The maximum absolute atomic E-state index is 13.4. The van der Waals surface area contributed by atoms with E-state index in [4.69, 9.17) is 5.26 Å². The van der Waals surface area contributed by atoms with Crippen LogP contribution in [0.1, 0.15) is 56.6 Å². The smallest absolute Gasteiger partial charge is 0.322 e. The molecule has 1 unspecified atom stereocenters. The summed E-state index contributed by atoms with van der Waals surface area (Å²) in [4.78, 5) is 37.9. The van der Waals surface area contributed by atoms with Crippen molar-refractivity contribution >= 4 is 35.3 Å². The minimum atomic E-state index is -0.156. The lowest BCUT2D eigenvalue weighted by Crippen LogP contribution is -2.40. The number of carbonyl (C=O) groups is 2. The zero-order valence-corrected chi connectivity index (χ0v) is 23.0. The van der Waals surface area contributed by atoms with E-state index in [2.05, 4.69) is 28.3 Å². The number of aromatic nitrogens is 1. The maximum Gasteiger partial charge on any atom is 0.322 e. The van der Waals surface area contributed by atoms with Gasteiger partial charge in [-0.2, -0.15) is 5.26 Å². The third-order valence-electron chi connectivity index (χ3n) is 6.99. The largest absolute Gasteiger partial charge is 0.334 e. The molecule has 0 saturated carbocycles. The molecule has 3 amide bonds. The van der Waals surface area contributed by atoms with E-state index in [-0.39, 0.29) is 17.9 Å². The average Bonchev–Trinajstić information content (AvgIpc) is 3.43. The summed E-state index contributed by atoms with van der Waals surface area (Å²) in [5.74, 6) is 0.976. The average molecular weight is 537 g/mol. The van der Waals surface area contributed by atoms with E-state index in [9.17, 15) is 9.59 Å². The molecular formula is C32H36N6O2. The molecule has 0 radical (unpaired) electrons. The lowest BCUT2D eigenvalue weighted by molar-refractivity contribution is -0.117. The number of urea groups is 1. The van der Waals surface area contributed by atoms with Crippen molar-refractivity contribution in [3.63, 3.8) is 0 Å². The van der Waals surface area contributed by atoms with Crippen molar-refractivity contribution in [1.82, 2.24) is 10.3 Å². The van der Waals surface area contributed by atoms with Crippen molar-refractivity contribution < 1.29 is 9.59 Å². The monoisotopic (exact) mass is 536 g/mol. The Morgan fingerprint density at radius 2 is 1.95 bits per heavy atom. The highest BCUT2D eigenvalue weighted by Crippen LogP contribution is 2.25. The molecule has 1 atom stereocenters. The first kappa shape index (κ1) is 28.5. The van der Waals surface area contributed by atoms with E-state index in [1.165, 1.54) is 6.20 Å². The van der Waals surface area contributed by atoms with Crippen molar-refractivity contribution in [3.05, 3.63) is 84.1 Å². The molecule has 1 N–H and O–H groups in total. The van der Waals surface area contributed by atoms with Gasteiger partial charge in [0.1, 0.15) is 6.07 Å². The number of aliphatic imine (C=N–C) groups is 1. The Morgan fingerprint density at radius 1 is 1.15 bits per heavy atom. The molecule has 1 aliphatic rings. The second-order valence-corrected chi connectivity index (χ2v) is 9.95. The maximum atomic E-state index is 13.4. The van der Waals surface area contributed by atoms with E-state index in [0.29, 0.717) is 30.9 Å². The van der Waals surface area contributed by atoms with Crippen LogP contribution >= 0.6 is 0 Å². The Bertz CT molecular complexity index is 1320. The van der Waals surface area contributed by atoms with Crippen molar-refractivity contribution in [2.45, 2.75) is 52.0 Å². The van der Waals surface area contributed by atoms with Gasteiger partial charge in [0.25, 0.3) is 0 Å². The molecule has 1 fully saturated rings. The van der Waals surface area contributed by atoms with Gasteiger partial charge in [-0.15, -0.1) is 0 Å². The van der Waals surface area contributed by atoms with Crippen LogP contribution < -0.4 is 15.1 Å². The molecule has 2 aromatic carbocycles. The van der Waals surface area contributed by atoms with E-state index >= 15 is 0 Å². The Kier molecular flexibility index (Phi) is 10.4. The number of anilines is 2. The highest BCUT2D eigenvalue weighted by molar-refractivity contribution is 5.96. The third kappa shape index (κ3) is 8.00. The minimum absolute atomic E-state index is 0.144. The van der Waals surface area contributed by atoms with Gasteiger partial charge in [0.2, 0.25) is 5.91 Å². The molecule has 0 aliphatic carbocycles. The molecule has 1 aliphatic heterocycles. The van der Waals surface area contributed by atoms with Gasteiger partial charge in [0.05, 0.1) is 5.56 Å². The first-order valence-electron chi connectivity index (χ1n) is 14.0. The second-order valence-electron chi connectivity index (χ2n) is 9.95. The molecule has 0 spiro atoms. The standard InChI is InChI=1S/C32H36N6O2/c1-2-8-25(22-34-30-18-13-27(21-33)24-35-30)11-6-20-38(32(40)36-23-26-9-4-3-5-10-26)29-16-14-28(15-17-29)37-19-7-12-31(37)39/h3-5,9-10,13-18,22,24-25H,2,6-8,11-12,19-20,23H2,1H3,(H,36,40)/b34-22+. The Hall–Kier alpha value is -4.51. The quantitative estimate of drug-likeness (QED) is 0.271. The van der Waals surface area contributed by atoms with Gasteiger partial charge in [-0.25, -0.2) is 14.8 Å². The van der Waals surface area contributed by atoms with E-state index in [0.717, 1.165) is 55.6 Å². The molecule has 1 saturated heterocycles. The lowest BCUT2D eigenvalue weighted by atomic mass is 9.99. The summed E-state index contributed by atoms with van der Waals surface area (Å²) in [7, 11) is 0. The first-order chi connectivity index (χ1) is 19.6. The highest BCUT2D eigenvalue weighted by atomic mass is 16.2. The summed E-state index contributed by atoms with van der Waals surface area (Å²) in [6.45, 7) is 3.87. The van der Waals surface area contributed by atoms with Crippen LogP contribution in [0, 0.1) is 17.2 Å². The Morgan fingerprint density at radius 3 is 2.60 bits per heavy atom. The summed E-state index contributed by atoms with van der Waals surface area (Å²) in [6, 6.07) is 22.9. The van der Waals surface area contributed by atoms with Crippen LogP contribution in [0.15, 0.2) is 77.9 Å². The van der Waals surface area contributed by atoms with E-state index in [1.54, 1.807) is 21.9 Å². The molecule has 8 nitrogen and oxygen atoms in total. The number of amides is 3. The predicted molar refractivity (Wildman–Crippen MR) is 159 cm³/mol. The van der Waals surface area contributed by atoms with Gasteiger partial charge >= 0.3 is 6.03 Å². The molecular weight excluding hydrogens is 500 g/mol. The SMILES string of the molecule is CCCC(/C=N/c1ccc(C#N)cn1)CCCN(C(=O)NCc1ccccc1)c1ccc(N2CCCC2=O)cc1. The molecule has 8 heteroatoms. The molecule has 4 rings (SSSR count). The molecule has 40 heavy (non-hydrogen) atoms. The molecule has 0 bridgehead atoms. The summed E-state index contributed by atoms with van der Waals surface area (Å²) in [6.07, 6.45) is 8.60. The number of hydrogen-bond acceptors (Lipinski definition) is 5. The van der Waals surface area contributed by atoms with Gasteiger partial charge in [0, 0.05) is 49.8 Å². The molecule has 1 aromatic heterocycles. The van der Waals surface area contributed by atoms with Crippen LogP contribution in [0.25, 0.3) is 0 Å². The Balaban J connectivity index is 1.43. The van der Waals surface area contributed by atoms with Crippen LogP contribution in [0.2, 0.25) is 0 Å². The van der Waals surface area contributed by atoms with Gasteiger partial charge in [-0.3, -0.25) is 9.69 Å². The fourth-order valence-electron chi connectivity index (χ4n) is 4.84. The number of nitrogens with zero attached hydrogens (tertiary/aromatic N) is 5. The van der Waals surface area contributed by atoms with Gasteiger partial charge in [0.15, 0.2) is 5.82 Å². The fourth-order valence-corrected chi connectivity index (χ4v) is 4.84. The minimum Gasteiger partial charge on any atom is -0.334 e. The Labute approximate surface area is 236 Å². The summed E-state index contributed by atoms with van der Waals surface area (Å²) in [5.41, 5.74) is 3.21. The summed E-state index contributed by atoms with van der Waals surface area (Å²) in [5, 5.41) is 12.0. The number of nitrogens with one attached hydrogen (secondary N) is 1. The van der Waals surface area contributed by atoms with Crippen molar-refractivity contribution in [2.24, 2.45) is 10.9 Å². The topological polar surface area (TPSA) is 102 Å². The van der Waals surface area contributed by atoms with Crippen LogP contribution in [0.5, 0.6) is 0 Å². The molecule has 206 valence electrons. The van der Waals surface area contributed by atoms with Gasteiger partial charge in [-0.05, 0) is 73.6 Å². The van der Waals surface area contributed by atoms with E-state index < -0.39 is 0 Å². The number of nitriles is 1. The van der Waals surface area contributed by atoms with Crippen LogP contribution in [-0.4, -0.2) is 36.2 Å². The van der Waals surface area contributed by atoms with Crippen LogP contribution in [0.3, 0.4) is 0 Å². The number of benzene rings is 2. The molecule has 2 heterocycles. The van der Waals surface area contributed by atoms with Crippen molar-refractivity contribution in [3.8, 4) is 6.07 Å². The normalized spacial score (nSPS) is 13.8. The third-order valence-corrected chi connectivity index (χ3v) is 6.99. The highest BCUT2D eigenvalue weighted by Gasteiger charge is 2.22. The van der Waals surface area contributed by atoms with Crippen LogP contribution in [0.4, 0.5) is 22.0 Å². The number of hydrogen-bond donors (Lipinski definition) is 1. The number of rotatable bonds is 12. The number of pyridine rings is 1. The molecule has 3 aromatic rings. The predicted octanol–water partition coefficient (Wildman–Crippen LogP) is 6.40. The van der Waals surface area contributed by atoms with Gasteiger partial charge < -0.3 is 10.2 Å². The first-order valence-corrected chi connectivity index (χ1v) is 14.0. The summed E-state index contributed by atoms with van der Waals surface area (Å²) >= 11 is 0. The van der Waals surface area contributed by atoms with Gasteiger partial charge in [-0.1, -0.05) is 43.7 Å². The van der Waals surface area contributed by atoms with Crippen LogP contribution in [-0.2, 0) is 11.3 Å². The zero-order valence-electron chi connectivity index (χ0n) is 23.0. The summed E-state index contributed by atoms with van der Waals surface area (Å²) < 4.78 is 0. The second kappa shape index (κ2) is 14.6. The van der Waals surface area contributed by atoms with E-state index in [1.807, 2.05) is 60.8 Å². The lowest BCUT2D eigenvalue weighted by Gasteiger charge is -2.25. The fraction of sp³-hybridized carbons (Fsp3) is 0.344. The number of carbonyl (C=O) groups excluding carboxylic acids is 2.